The molecule has 3 rings (SSSR count). The molecule has 1 heterocycles. The van der Waals surface area contributed by atoms with E-state index in [4.69, 9.17) is 0 Å². The molecule has 0 aliphatic carbocycles. The van der Waals surface area contributed by atoms with Crippen LogP contribution in [0.1, 0.15) is 31.0 Å². The number of hydrogen-bond donors (Lipinski definition) is 1. The Kier molecular flexibility index (Phi) is 4.47. The number of nitrogens with zero attached hydrogens (tertiary/aromatic N) is 1. The second kappa shape index (κ2) is 6.71. The van der Waals surface area contributed by atoms with Gasteiger partial charge in [0.1, 0.15) is 0 Å². The van der Waals surface area contributed by atoms with Crippen molar-refractivity contribution >= 4 is 11.8 Å². The number of nitrogens with one attached hydrogen (secondary N) is 1. The number of carbonyl (C=O) groups excluding carboxylic acids is 2. The number of hydrogen-bond acceptors (Lipinski definition) is 2. The first-order valence-electron chi connectivity index (χ1n) is 7.96. The van der Waals surface area contributed by atoms with Crippen molar-refractivity contribution in [2.75, 3.05) is 0 Å². The zero-order chi connectivity index (χ0) is 17.1. The summed E-state index contributed by atoms with van der Waals surface area (Å²) in [5.74, 6) is -0.0283. The third-order valence-corrected chi connectivity index (χ3v) is 4.29. The average molecular weight is 320 g/mol. The molecule has 0 saturated carbocycles. The maximum absolute atomic E-state index is 12.6. The zero-order valence-electron chi connectivity index (χ0n) is 13.8. The van der Waals surface area contributed by atoms with Gasteiger partial charge in [0.25, 0.3) is 0 Å². The minimum absolute atomic E-state index is 0.0283. The maximum atomic E-state index is 12.6. The van der Waals surface area contributed by atoms with E-state index >= 15 is 0 Å². The van der Waals surface area contributed by atoms with Gasteiger partial charge in [0.05, 0.1) is 12.6 Å². The number of urea groups is 1. The highest BCUT2D eigenvalue weighted by Gasteiger charge is 2.33. The molecule has 4 nitrogen and oxygen atoms in total. The molecule has 4 heteroatoms. The second-order valence-corrected chi connectivity index (χ2v) is 5.92. The summed E-state index contributed by atoms with van der Waals surface area (Å²) in [7, 11) is 0. The highest BCUT2D eigenvalue weighted by Crippen LogP contribution is 2.31. The van der Waals surface area contributed by atoms with E-state index in [1.165, 1.54) is 0 Å². The topological polar surface area (TPSA) is 49.4 Å². The van der Waals surface area contributed by atoms with Crippen molar-refractivity contribution in [3.63, 3.8) is 0 Å². The van der Waals surface area contributed by atoms with Crippen LogP contribution in [0.5, 0.6) is 0 Å². The summed E-state index contributed by atoms with van der Waals surface area (Å²) in [6.07, 6.45) is 0. The summed E-state index contributed by atoms with van der Waals surface area (Å²) in [6, 6.07) is 18.8. The Balaban J connectivity index is 2.00. The molecule has 1 atom stereocenters. The van der Waals surface area contributed by atoms with Gasteiger partial charge < -0.3 is 5.32 Å². The molecule has 0 unspecified atom stereocenters. The van der Waals surface area contributed by atoms with Gasteiger partial charge >= 0.3 is 6.03 Å². The van der Waals surface area contributed by atoms with Crippen molar-refractivity contribution in [2.24, 2.45) is 0 Å². The van der Waals surface area contributed by atoms with Gasteiger partial charge in [-0.3, -0.25) is 9.69 Å². The monoisotopic (exact) mass is 320 g/mol. The van der Waals surface area contributed by atoms with Crippen LogP contribution in [-0.2, 0) is 11.3 Å². The highest BCUT2D eigenvalue weighted by molar-refractivity contribution is 5.98. The molecule has 0 spiro atoms. The summed E-state index contributed by atoms with van der Waals surface area (Å²) in [4.78, 5) is 26.5. The van der Waals surface area contributed by atoms with Gasteiger partial charge in [0.15, 0.2) is 5.78 Å². The van der Waals surface area contributed by atoms with Crippen LogP contribution in [0.15, 0.2) is 71.9 Å². The molecule has 24 heavy (non-hydrogen) atoms. The first kappa shape index (κ1) is 16.0. The summed E-state index contributed by atoms with van der Waals surface area (Å²) in [5.41, 5.74) is 3.28. The van der Waals surface area contributed by atoms with Crippen molar-refractivity contribution in [1.82, 2.24) is 10.2 Å². The predicted octanol–water partition coefficient (Wildman–Crippen LogP) is 3.82. The van der Waals surface area contributed by atoms with Crippen molar-refractivity contribution < 1.29 is 9.59 Å². The van der Waals surface area contributed by atoms with Crippen LogP contribution in [-0.4, -0.2) is 16.7 Å². The Hall–Kier alpha value is -2.88. The lowest BCUT2D eigenvalue weighted by molar-refractivity contribution is -0.114. The number of Topliss-reactive ketones (excluding diaryl/α,β-unsaturated/α-hetero) is 1. The van der Waals surface area contributed by atoms with Crippen LogP contribution in [0.4, 0.5) is 4.79 Å². The Bertz CT molecular complexity index is 782. The molecule has 1 aliphatic heterocycles. The van der Waals surface area contributed by atoms with Crippen molar-refractivity contribution in [1.29, 1.82) is 0 Å². The third kappa shape index (κ3) is 3.08. The largest absolute Gasteiger partial charge is 0.327 e. The maximum Gasteiger partial charge on any atom is 0.322 e. The highest BCUT2D eigenvalue weighted by atomic mass is 16.2. The number of allylic oxidation sites excluding steroid dienone is 1. The lowest BCUT2D eigenvalue weighted by Crippen LogP contribution is -2.47. The van der Waals surface area contributed by atoms with Gasteiger partial charge in [-0.2, -0.15) is 0 Å². The molecule has 2 aromatic rings. The Morgan fingerprint density at radius 1 is 1.04 bits per heavy atom. The number of rotatable bonds is 4. The van der Waals surface area contributed by atoms with Gasteiger partial charge in [-0.25, -0.2) is 4.79 Å². The second-order valence-electron chi connectivity index (χ2n) is 5.92. The molecule has 0 bridgehead atoms. The van der Waals surface area contributed by atoms with Crippen molar-refractivity contribution in [2.45, 2.75) is 26.4 Å². The van der Waals surface area contributed by atoms with Gasteiger partial charge in [-0.1, -0.05) is 60.7 Å². The fourth-order valence-electron chi connectivity index (χ4n) is 3.09. The summed E-state index contributed by atoms with van der Waals surface area (Å²) in [5, 5.41) is 2.97. The Labute approximate surface area is 141 Å². The summed E-state index contributed by atoms with van der Waals surface area (Å²) >= 11 is 0. The van der Waals surface area contributed by atoms with E-state index < -0.39 is 6.04 Å². The Morgan fingerprint density at radius 3 is 2.21 bits per heavy atom. The molecule has 0 saturated heterocycles. The van der Waals surface area contributed by atoms with Crippen LogP contribution < -0.4 is 5.32 Å². The van der Waals surface area contributed by atoms with Gasteiger partial charge in [-0.15, -0.1) is 0 Å². The van der Waals surface area contributed by atoms with E-state index in [0.29, 0.717) is 17.8 Å². The minimum atomic E-state index is -0.400. The molecule has 1 aliphatic rings. The first-order chi connectivity index (χ1) is 11.6. The molecule has 0 fully saturated rings. The molecule has 2 aromatic carbocycles. The van der Waals surface area contributed by atoms with Crippen LogP contribution >= 0.6 is 0 Å². The van der Waals surface area contributed by atoms with Crippen LogP contribution in [0.2, 0.25) is 0 Å². The van der Waals surface area contributed by atoms with Crippen molar-refractivity contribution in [3.8, 4) is 0 Å². The molecule has 0 aromatic heterocycles. The molecule has 122 valence electrons. The average Bonchev–Trinajstić information content (AvgIpc) is 2.59. The smallest absolute Gasteiger partial charge is 0.322 e. The number of amides is 2. The molecular weight excluding hydrogens is 300 g/mol. The quantitative estimate of drug-likeness (QED) is 0.931. The number of carbonyl (C=O) groups is 2. The van der Waals surface area contributed by atoms with Gasteiger partial charge in [-0.05, 0) is 25.0 Å². The molecule has 2 amide bonds. The molecule has 0 radical (unpaired) electrons. The van der Waals surface area contributed by atoms with Gasteiger partial charge in [0.2, 0.25) is 0 Å². The van der Waals surface area contributed by atoms with E-state index in [2.05, 4.69) is 5.32 Å². The summed E-state index contributed by atoms with van der Waals surface area (Å²) in [6.45, 7) is 3.83. The van der Waals surface area contributed by atoms with E-state index in [0.717, 1.165) is 11.1 Å². The van der Waals surface area contributed by atoms with Crippen LogP contribution in [0, 0.1) is 0 Å². The fourth-order valence-corrected chi connectivity index (χ4v) is 3.09. The normalized spacial score (nSPS) is 17.7. The number of ketones is 1. The van der Waals surface area contributed by atoms with Crippen LogP contribution in [0.25, 0.3) is 0 Å². The fraction of sp³-hybridized carbons (Fsp3) is 0.200. The van der Waals surface area contributed by atoms with Crippen LogP contribution in [0.3, 0.4) is 0 Å². The third-order valence-electron chi connectivity index (χ3n) is 4.29. The van der Waals surface area contributed by atoms with E-state index in [1.54, 1.807) is 11.8 Å². The van der Waals surface area contributed by atoms with Gasteiger partial charge in [0, 0.05) is 11.3 Å². The lowest BCUT2D eigenvalue weighted by Gasteiger charge is -2.35. The van der Waals surface area contributed by atoms with Crippen molar-refractivity contribution in [3.05, 3.63) is 83.1 Å². The van der Waals surface area contributed by atoms with E-state index in [9.17, 15) is 9.59 Å². The summed E-state index contributed by atoms with van der Waals surface area (Å²) < 4.78 is 0. The van der Waals surface area contributed by atoms with E-state index in [-0.39, 0.29) is 11.8 Å². The number of benzene rings is 2. The minimum Gasteiger partial charge on any atom is -0.327 e. The first-order valence-corrected chi connectivity index (χ1v) is 7.96. The standard InChI is InChI=1S/C20H20N2O2/c1-14-18(15(2)23)19(17-11-7-4-8-12-17)21-20(24)22(14)13-16-9-5-3-6-10-16/h3-12,19H,13H2,1-2H3,(H,21,24)/t19-/m0/s1. The Morgan fingerprint density at radius 2 is 1.62 bits per heavy atom. The zero-order valence-corrected chi connectivity index (χ0v) is 13.8. The lowest BCUT2D eigenvalue weighted by atomic mass is 9.92. The SMILES string of the molecule is CC(=O)C1=C(C)N(Cc2ccccc2)C(=O)N[C@H]1c1ccccc1. The van der Waals surface area contributed by atoms with E-state index in [1.807, 2.05) is 67.6 Å². The molecular formula is C20H20N2O2. The predicted molar refractivity (Wildman–Crippen MR) is 93.1 cm³/mol. The molecule has 1 N–H and O–H groups in total.